The van der Waals surface area contributed by atoms with Gasteiger partial charge in [-0.3, -0.25) is 4.99 Å². The lowest BCUT2D eigenvalue weighted by Gasteiger charge is -2.35. The summed E-state index contributed by atoms with van der Waals surface area (Å²) in [6, 6.07) is 0. The predicted molar refractivity (Wildman–Crippen MR) is 102 cm³/mol. The van der Waals surface area contributed by atoms with Crippen LogP contribution >= 0.6 is 35.3 Å². The molecule has 0 spiro atoms. The molecule has 2 N–H and O–H groups in total. The Morgan fingerprint density at radius 3 is 2.64 bits per heavy atom. The van der Waals surface area contributed by atoms with Crippen LogP contribution < -0.4 is 10.6 Å². The van der Waals surface area contributed by atoms with Crippen molar-refractivity contribution < 1.29 is 8.42 Å². The zero-order valence-corrected chi connectivity index (χ0v) is 16.5. The van der Waals surface area contributed by atoms with Gasteiger partial charge >= 0.3 is 0 Å². The summed E-state index contributed by atoms with van der Waals surface area (Å²) >= 11 is 1.63. The first kappa shape index (κ1) is 19.4. The fraction of sp³-hybridized carbons (Fsp3) is 0.667. The Morgan fingerprint density at radius 2 is 2.09 bits per heavy atom. The second-order valence-electron chi connectivity index (χ2n) is 4.77. The van der Waals surface area contributed by atoms with Crippen molar-refractivity contribution in [3.05, 3.63) is 11.6 Å². The Labute approximate surface area is 152 Å². The van der Waals surface area contributed by atoms with E-state index in [0.717, 1.165) is 31.3 Å². The topological polar surface area (TPSA) is 91.9 Å². The highest BCUT2D eigenvalue weighted by Gasteiger charge is 2.19. The monoisotopic (exact) mass is 459 g/mol. The summed E-state index contributed by atoms with van der Waals surface area (Å²) in [5.41, 5.74) is 5.93. The lowest BCUT2D eigenvalue weighted by atomic mass is 10.3. The Kier molecular flexibility index (Phi) is 7.83. The molecule has 126 valence electrons. The summed E-state index contributed by atoms with van der Waals surface area (Å²) in [7, 11) is -2.98. The molecule has 0 atom stereocenters. The molecule has 1 aromatic heterocycles. The summed E-state index contributed by atoms with van der Waals surface area (Å²) in [5, 5.41) is 2.99. The molecule has 2 heterocycles. The molecule has 1 aromatic rings. The third-order valence-corrected chi connectivity index (χ3v) is 5.93. The molecule has 1 aliphatic heterocycles. The largest absolute Gasteiger partial charge is 0.370 e. The number of aliphatic imine (C=N–C) groups is 1. The third-order valence-electron chi connectivity index (χ3n) is 3.41. The van der Waals surface area contributed by atoms with Crippen LogP contribution in [0.3, 0.4) is 0 Å². The van der Waals surface area contributed by atoms with Crippen molar-refractivity contribution in [3.63, 3.8) is 0 Å². The smallest absolute Gasteiger partial charge is 0.191 e. The molecule has 0 bridgehead atoms. The highest BCUT2D eigenvalue weighted by Crippen LogP contribution is 2.18. The summed E-state index contributed by atoms with van der Waals surface area (Å²) < 4.78 is 22.8. The minimum atomic E-state index is -2.98. The minimum absolute atomic E-state index is 0. The van der Waals surface area contributed by atoms with Gasteiger partial charge in [-0.1, -0.05) is 6.92 Å². The Bertz CT molecular complexity index is 568. The van der Waals surface area contributed by atoms with E-state index in [-0.39, 0.29) is 42.0 Å². The first-order chi connectivity index (χ1) is 10.0. The Hall–Kier alpha value is -0.620. The summed E-state index contributed by atoms with van der Waals surface area (Å²) in [4.78, 5) is 12.7. The van der Waals surface area contributed by atoms with Crippen LogP contribution in [0.2, 0.25) is 0 Å². The van der Waals surface area contributed by atoms with E-state index in [9.17, 15) is 8.42 Å². The molecule has 0 saturated carbocycles. The quantitative estimate of drug-likeness (QED) is 0.395. The van der Waals surface area contributed by atoms with E-state index in [1.807, 2.05) is 10.3 Å². The van der Waals surface area contributed by atoms with Gasteiger partial charge in [0.2, 0.25) is 0 Å². The van der Waals surface area contributed by atoms with Crippen molar-refractivity contribution in [2.45, 2.75) is 6.92 Å². The van der Waals surface area contributed by atoms with E-state index in [1.54, 1.807) is 24.5 Å². The van der Waals surface area contributed by atoms with Gasteiger partial charge in [-0.15, -0.1) is 35.3 Å². The van der Waals surface area contributed by atoms with Crippen LogP contribution in [0.1, 0.15) is 6.92 Å². The van der Waals surface area contributed by atoms with Crippen LogP contribution in [0.15, 0.2) is 16.6 Å². The van der Waals surface area contributed by atoms with E-state index in [0.29, 0.717) is 5.96 Å². The van der Waals surface area contributed by atoms with Gasteiger partial charge in [-0.2, -0.15) is 0 Å². The number of nitrogens with zero attached hydrogens (tertiary/aromatic N) is 4. The number of sulfone groups is 1. The molecule has 0 radical (unpaired) electrons. The zero-order valence-electron chi connectivity index (χ0n) is 12.5. The first-order valence-electron chi connectivity index (χ1n) is 6.91. The van der Waals surface area contributed by atoms with Crippen LogP contribution in [0.25, 0.3) is 0 Å². The lowest BCUT2D eigenvalue weighted by molar-refractivity contribution is 0.381. The molecular weight excluding hydrogens is 437 g/mol. The molecular formula is C12H22IN5O2S2. The van der Waals surface area contributed by atoms with Crippen LogP contribution in [-0.2, 0) is 9.84 Å². The highest BCUT2D eigenvalue weighted by molar-refractivity contribution is 14.0. The van der Waals surface area contributed by atoms with E-state index < -0.39 is 9.84 Å². The SMILES string of the molecule is CCS(=O)(=O)CCN=C(N)N1CCN(c2nccs2)CC1.I. The third kappa shape index (κ3) is 5.54. The second-order valence-corrected chi connectivity index (χ2v) is 8.11. The van der Waals surface area contributed by atoms with Crippen molar-refractivity contribution in [2.24, 2.45) is 10.7 Å². The molecule has 0 aliphatic carbocycles. The van der Waals surface area contributed by atoms with Gasteiger partial charge in [-0.05, 0) is 0 Å². The van der Waals surface area contributed by atoms with E-state index in [1.165, 1.54) is 0 Å². The van der Waals surface area contributed by atoms with Gasteiger partial charge in [0.05, 0.1) is 12.3 Å². The number of hydrogen-bond acceptors (Lipinski definition) is 6. The fourth-order valence-electron chi connectivity index (χ4n) is 2.04. The fourth-order valence-corrected chi connectivity index (χ4v) is 3.40. The number of rotatable bonds is 5. The van der Waals surface area contributed by atoms with Gasteiger partial charge in [0.1, 0.15) is 0 Å². The molecule has 22 heavy (non-hydrogen) atoms. The first-order valence-corrected chi connectivity index (χ1v) is 9.61. The number of hydrogen-bond donors (Lipinski definition) is 1. The van der Waals surface area contributed by atoms with E-state index >= 15 is 0 Å². The highest BCUT2D eigenvalue weighted by atomic mass is 127. The van der Waals surface area contributed by atoms with E-state index in [4.69, 9.17) is 5.73 Å². The lowest BCUT2D eigenvalue weighted by Crippen LogP contribution is -2.51. The van der Waals surface area contributed by atoms with Gasteiger partial charge in [0.15, 0.2) is 20.9 Å². The Morgan fingerprint density at radius 1 is 1.41 bits per heavy atom. The number of guanidine groups is 1. The molecule has 0 aromatic carbocycles. The molecule has 1 aliphatic rings. The number of thiazole rings is 1. The van der Waals surface area contributed by atoms with Gasteiger partial charge in [0, 0.05) is 43.5 Å². The number of piperazine rings is 1. The van der Waals surface area contributed by atoms with Crippen LogP contribution in [0, 0.1) is 0 Å². The van der Waals surface area contributed by atoms with Gasteiger partial charge in [0.25, 0.3) is 0 Å². The summed E-state index contributed by atoms with van der Waals surface area (Å²) in [6.07, 6.45) is 1.80. The number of anilines is 1. The molecule has 7 nitrogen and oxygen atoms in total. The molecule has 1 fully saturated rings. The van der Waals surface area contributed by atoms with Gasteiger partial charge in [-0.25, -0.2) is 13.4 Å². The van der Waals surface area contributed by atoms with Crippen molar-refractivity contribution in [1.82, 2.24) is 9.88 Å². The van der Waals surface area contributed by atoms with Crippen molar-refractivity contribution in [2.75, 3.05) is 49.1 Å². The average molecular weight is 459 g/mol. The number of nitrogens with two attached hydrogens (primary N) is 1. The van der Waals surface area contributed by atoms with Crippen LogP contribution in [-0.4, -0.2) is 68.5 Å². The zero-order chi connectivity index (χ0) is 15.3. The number of halogens is 1. The van der Waals surface area contributed by atoms with E-state index in [2.05, 4.69) is 14.9 Å². The molecule has 1 saturated heterocycles. The van der Waals surface area contributed by atoms with Gasteiger partial charge < -0.3 is 15.5 Å². The summed E-state index contributed by atoms with van der Waals surface area (Å²) in [6.45, 7) is 5.10. The Balaban J connectivity index is 0.00000242. The normalized spacial score (nSPS) is 16.5. The second kappa shape index (κ2) is 8.87. The van der Waals surface area contributed by atoms with Crippen molar-refractivity contribution in [1.29, 1.82) is 0 Å². The molecule has 0 amide bonds. The maximum atomic E-state index is 11.4. The maximum absolute atomic E-state index is 11.4. The van der Waals surface area contributed by atoms with Crippen molar-refractivity contribution in [3.8, 4) is 0 Å². The van der Waals surface area contributed by atoms with Crippen LogP contribution in [0.4, 0.5) is 5.13 Å². The minimum Gasteiger partial charge on any atom is -0.370 e. The summed E-state index contributed by atoms with van der Waals surface area (Å²) in [5.74, 6) is 0.637. The molecule has 2 rings (SSSR count). The number of aromatic nitrogens is 1. The van der Waals surface area contributed by atoms with Crippen molar-refractivity contribution >= 4 is 56.2 Å². The van der Waals surface area contributed by atoms with Crippen LogP contribution in [0.5, 0.6) is 0 Å². The maximum Gasteiger partial charge on any atom is 0.191 e. The standard InChI is InChI=1S/C12H21N5O2S2.HI/c1-2-21(18,19)10-4-14-11(13)16-5-7-17(8-6-16)12-15-3-9-20-12;/h3,9H,2,4-8,10H2,1H3,(H2,13,14);1H. The molecule has 0 unspecified atom stereocenters. The predicted octanol–water partition coefficient (Wildman–Crippen LogP) is 0.632. The average Bonchev–Trinajstić information content (AvgIpc) is 3.01. The molecule has 10 heteroatoms.